The van der Waals surface area contributed by atoms with Crippen molar-refractivity contribution in [2.45, 2.75) is 31.7 Å². The van der Waals surface area contributed by atoms with Gasteiger partial charge in [0.2, 0.25) is 5.88 Å². The SMILES string of the molecule is COc1ncnc2c1N=C1CC(C)(C)CC(N/N=C\c3ccc(Cl)cc3Cl)=C1S2. The highest BCUT2D eigenvalue weighted by Crippen LogP contribution is 2.49. The van der Waals surface area contributed by atoms with E-state index in [9.17, 15) is 0 Å². The van der Waals surface area contributed by atoms with Gasteiger partial charge in [-0.1, -0.05) is 54.9 Å². The van der Waals surface area contributed by atoms with E-state index in [-0.39, 0.29) is 5.41 Å². The zero-order valence-corrected chi connectivity index (χ0v) is 18.5. The molecule has 0 radical (unpaired) electrons. The van der Waals surface area contributed by atoms with Crippen LogP contribution in [-0.2, 0) is 0 Å². The van der Waals surface area contributed by atoms with Crippen LogP contribution in [0.4, 0.5) is 5.69 Å². The molecule has 0 amide bonds. The molecule has 9 heteroatoms. The van der Waals surface area contributed by atoms with Crippen molar-refractivity contribution in [3.8, 4) is 5.88 Å². The Morgan fingerprint density at radius 3 is 2.83 bits per heavy atom. The standard InChI is InChI=1S/C20H19Cl2N5OS/c1-20(2)7-14-17(29-19-16(26-14)18(28-3)23-10-24-19)15(8-20)27-25-9-11-4-5-12(21)6-13(11)22/h4-6,9-10,27H,7-8H2,1-3H3/b25-9-. The number of aromatic nitrogens is 2. The molecule has 4 rings (SSSR count). The molecule has 29 heavy (non-hydrogen) atoms. The van der Waals surface area contributed by atoms with Gasteiger partial charge in [-0.15, -0.1) is 0 Å². The molecule has 0 saturated heterocycles. The minimum Gasteiger partial charge on any atom is -0.479 e. The van der Waals surface area contributed by atoms with Crippen molar-refractivity contribution < 1.29 is 4.74 Å². The van der Waals surface area contributed by atoms with E-state index in [1.807, 2.05) is 6.07 Å². The summed E-state index contributed by atoms with van der Waals surface area (Å²) in [6, 6.07) is 5.31. The summed E-state index contributed by atoms with van der Waals surface area (Å²) in [5.74, 6) is 0.488. The van der Waals surface area contributed by atoms with Gasteiger partial charge < -0.3 is 4.74 Å². The van der Waals surface area contributed by atoms with Crippen LogP contribution in [0.2, 0.25) is 10.0 Å². The first-order chi connectivity index (χ1) is 13.9. The maximum atomic E-state index is 6.23. The lowest BCUT2D eigenvalue weighted by Crippen LogP contribution is -2.30. The van der Waals surface area contributed by atoms with Crippen LogP contribution in [-0.4, -0.2) is 29.0 Å². The monoisotopic (exact) mass is 447 g/mol. The molecule has 0 bridgehead atoms. The number of hydrogen-bond acceptors (Lipinski definition) is 7. The zero-order valence-electron chi connectivity index (χ0n) is 16.2. The van der Waals surface area contributed by atoms with Crippen molar-refractivity contribution in [1.29, 1.82) is 0 Å². The third-order valence-corrected chi connectivity index (χ3v) is 6.34. The number of rotatable bonds is 4. The molecule has 1 aromatic carbocycles. The molecule has 2 aromatic rings. The van der Waals surface area contributed by atoms with Gasteiger partial charge in [0.15, 0.2) is 5.69 Å². The summed E-state index contributed by atoms with van der Waals surface area (Å²) >= 11 is 13.8. The van der Waals surface area contributed by atoms with E-state index in [4.69, 9.17) is 32.9 Å². The normalized spacial score (nSPS) is 17.6. The Morgan fingerprint density at radius 1 is 1.24 bits per heavy atom. The predicted octanol–water partition coefficient (Wildman–Crippen LogP) is 5.63. The molecule has 2 heterocycles. The Balaban J connectivity index is 1.67. The summed E-state index contributed by atoms with van der Waals surface area (Å²) < 4.78 is 5.36. The highest BCUT2D eigenvalue weighted by atomic mass is 35.5. The second-order valence-electron chi connectivity index (χ2n) is 7.56. The number of nitrogens with zero attached hydrogens (tertiary/aromatic N) is 4. The first-order valence-electron chi connectivity index (χ1n) is 8.98. The average Bonchev–Trinajstić information content (AvgIpc) is 2.67. The van der Waals surface area contributed by atoms with Crippen molar-refractivity contribution in [3.63, 3.8) is 0 Å². The predicted molar refractivity (Wildman–Crippen MR) is 119 cm³/mol. The van der Waals surface area contributed by atoms with Gasteiger partial charge in [0.25, 0.3) is 0 Å². The Kier molecular flexibility index (Phi) is 5.55. The average molecular weight is 448 g/mol. The fourth-order valence-electron chi connectivity index (χ4n) is 3.31. The second-order valence-corrected chi connectivity index (χ2v) is 9.40. The van der Waals surface area contributed by atoms with Crippen LogP contribution < -0.4 is 10.2 Å². The molecule has 150 valence electrons. The smallest absolute Gasteiger partial charge is 0.244 e. The van der Waals surface area contributed by atoms with Crippen LogP contribution in [0.1, 0.15) is 32.3 Å². The lowest BCUT2D eigenvalue weighted by atomic mass is 9.78. The number of nitrogens with one attached hydrogen (secondary N) is 1. The largest absolute Gasteiger partial charge is 0.479 e. The van der Waals surface area contributed by atoms with Crippen LogP contribution in [0.5, 0.6) is 5.88 Å². The number of benzene rings is 1. The van der Waals surface area contributed by atoms with E-state index >= 15 is 0 Å². The minimum atomic E-state index is 0.0407. The summed E-state index contributed by atoms with van der Waals surface area (Å²) in [5.41, 5.74) is 6.73. The van der Waals surface area contributed by atoms with Crippen LogP contribution in [0.15, 0.2) is 50.2 Å². The highest BCUT2D eigenvalue weighted by Gasteiger charge is 2.35. The first-order valence-corrected chi connectivity index (χ1v) is 10.6. The van der Waals surface area contributed by atoms with Crippen molar-refractivity contribution in [1.82, 2.24) is 15.4 Å². The quantitative estimate of drug-likeness (QED) is 0.373. The third-order valence-electron chi connectivity index (χ3n) is 4.60. The fourth-order valence-corrected chi connectivity index (χ4v) is 4.77. The summed E-state index contributed by atoms with van der Waals surface area (Å²) in [6.07, 6.45) is 4.88. The summed E-state index contributed by atoms with van der Waals surface area (Å²) in [6.45, 7) is 4.43. The van der Waals surface area contributed by atoms with Gasteiger partial charge in [-0.3, -0.25) is 5.43 Å². The Bertz CT molecular complexity index is 1060. The summed E-state index contributed by atoms with van der Waals surface area (Å²) in [5, 5.41) is 6.34. The number of aliphatic imine (C=N–C) groups is 1. The molecule has 1 N–H and O–H groups in total. The molecule has 6 nitrogen and oxygen atoms in total. The van der Waals surface area contributed by atoms with Crippen molar-refractivity contribution in [2.75, 3.05) is 7.11 Å². The van der Waals surface area contributed by atoms with E-state index in [1.165, 1.54) is 6.33 Å². The number of thioether (sulfide) groups is 1. The lowest BCUT2D eigenvalue weighted by Gasteiger charge is -2.35. The molecule has 0 unspecified atom stereocenters. The fraction of sp³-hybridized carbons (Fsp3) is 0.300. The van der Waals surface area contributed by atoms with Gasteiger partial charge in [0.1, 0.15) is 11.4 Å². The van der Waals surface area contributed by atoms with Crippen molar-refractivity contribution in [2.24, 2.45) is 15.5 Å². The van der Waals surface area contributed by atoms with Gasteiger partial charge >= 0.3 is 0 Å². The number of hydrogen-bond donors (Lipinski definition) is 1. The van der Waals surface area contributed by atoms with Crippen molar-refractivity contribution in [3.05, 3.63) is 50.7 Å². The van der Waals surface area contributed by atoms with Gasteiger partial charge in [0.05, 0.1) is 29.0 Å². The van der Waals surface area contributed by atoms with Crippen LogP contribution in [0, 0.1) is 5.41 Å². The molecule has 2 aliphatic rings. The van der Waals surface area contributed by atoms with Crippen LogP contribution in [0.25, 0.3) is 0 Å². The number of halogens is 2. The number of hydrazone groups is 1. The highest BCUT2D eigenvalue weighted by molar-refractivity contribution is 8.04. The maximum absolute atomic E-state index is 6.23. The number of ether oxygens (including phenoxy) is 1. The van der Waals surface area contributed by atoms with Gasteiger partial charge in [-0.25, -0.2) is 9.98 Å². The van der Waals surface area contributed by atoms with Crippen LogP contribution >= 0.6 is 35.0 Å². The van der Waals surface area contributed by atoms with Crippen molar-refractivity contribution >= 4 is 52.6 Å². The number of fused-ring (bicyclic) bond motifs is 2. The maximum Gasteiger partial charge on any atom is 0.244 e. The molecule has 0 saturated carbocycles. The number of methoxy groups -OCH3 is 1. The summed E-state index contributed by atoms with van der Waals surface area (Å²) in [7, 11) is 1.59. The Hall–Kier alpha value is -2.09. The first kappa shape index (κ1) is 20.2. The van der Waals surface area contributed by atoms with Gasteiger partial charge in [-0.2, -0.15) is 10.1 Å². The molecule has 0 atom stereocenters. The topological polar surface area (TPSA) is 71.8 Å². The molecule has 1 aliphatic heterocycles. The second kappa shape index (κ2) is 7.97. The van der Waals surface area contributed by atoms with Crippen LogP contribution in [0.3, 0.4) is 0 Å². The van der Waals surface area contributed by atoms with E-state index in [0.717, 1.165) is 39.7 Å². The molecule has 1 aliphatic carbocycles. The molecule has 1 aromatic heterocycles. The minimum absolute atomic E-state index is 0.0407. The Labute approximate surface area is 183 Å². The number of allylic oxidation sites excluding steroid dienone is 2. The van der Waals surface area contributed by atoms with Gasteiger partial charge in [-0.05, 0) is 30.4 Å². The van der Waals surface area contributed by atoms with E-state index < -0.39 is 0 Å². The molecular formula is C20H19Cl2N5OS. The molecular weight excluding hydrogens is 429 g/mol. The van der Waals surface area contributed by atoms with E-state index in [2.05, 4.69) is 34.3 Å². The zero-order chi connectivity index (χ0) is 20.6. The molecule has 0 fully saturated rings. The van der Waals surface area contributed by atoms with E-state index in [1.54, 1.807) is 37.2 Å². The molecule has 0 spiro atoms. The Morgan fingerprint density at radius 2 is 2.07 bits per heavy atom. The van der Waals surface area contributed by atoms with Gasteiger partial charge in [0, 0.05) is 16.3 Å². The van der Waals surface area contributed by atoms with E-state index in [0.29, 0.717) is 21.6 Å². The third kappa shape index (κ3) is 4.27. The lowest BCUT2D eigenvalue weighted by molar-refractivity contribution is 0.362. The summed E-state index contributed by atoms with van der Waals surface area (Å²) in [4.78, 5) is 14.4.